The molecule has 3 rings (SSSR count). The number of nitrogens with zero attached hydrogens (tertiary/aromatic N) is 2. The Bertz CT molecular complexity index is 1500. The number of hydrogen-bond donors (Lipinski definition) is 2. The maximum atomic E-state index is 13.8. The van der Waals surface area contributed by atoms with E-state index in [1.807, 2.05) is 48.3 Å². The average molecular weight is 643 g/mol. The highest BCUT2D eigenvalue weighted by atomic mass is 32.2. The lowest BCUT2D eigenvalue weighted by Crippen LogP contribution is -2.23. The summed E-state index contributed by atoms with van der Waals surface area (Å²) in [6.07, 6.45) is 13.4. The van der Waals surface area contributed by atoms with Crippen LogP contribution in [0.2, 0.25) is 0 Å². The summed E-state index contributed by atoms with van der Waals surface area (Å²) in [6.45, 7) is 8.99. The Morgan fingerprint density at radius 1 is 0.800 bits per heavy atom. The van der Waals surface area contributed by atoms with Gasteiger partial charge in [-0.2, -0.15) is 8.42 Å². The number of aryl methyl sites for hydroxylation is 1. The molecule has 3 aromatic rings. The van der Waals surface area contributed by atoms with Gasteiger partial charge in [0.25, 0.3) is 10.1 Å². The monoisotopic (exact) mass is 642 g/mol. The van der Waals surface area contributed by atoms with E-state index in [4.69, 9.17) is 8.97 Å². The van der Waals surface area contributed by atoms with Crippen LogP contribution in [-0.2, 0) is 23.1 Å². The molecule has 0 fully saturated rings. The largest absolute Gasteiger partial charge is 0.502 e. The predicted molar refractivity (Wildman–Crippen MR) is 186 cm³/mol. The third-order valence-corrected chi connectivity index (χ3v) is 9.47. The Balaban J connectivity index is 1.84. The molecule has 9 heteroatoms. The van der Waals surface area contributed by atoms with Gasteiger partial charge in [-0.25, -0.2) is 0 Å². The second-order valence-corrected chi connectivity index (χ2v) is 13.8. The van der Waals surface area contributed by atoms with Gasteiger partial charge in [0.15, 0.2) is 5.76 Å². The zero-order chi connectivity index (χ0) is 32.8. The van der Waals surface area contributed by atoms with Gasteiger partial charge in [-0.3, -0.25) is 9.35 Å². The topological polar surface area (TPSA) is 111 Å². The maximum Gasteiger partial charge on any atom is 0.264 e. The van der Waals surface area contributed by atoms with Crippen molar-refractivity contribution in [2.24, 2.45) is 0 Å². The summed E-state index contributed by atoms with van der Waals surface area (Å²) < 4.78 is 37.9. The third-order valence-electron chi connectivity index (χ3n) is 8.67. The second-order valence-electron chi connectivity index (χ2n) is 12.2. The van der Waals surface area contributed by atoms with E-state index in [-0.39, 0.29) is 17.9 Å². The molecule has 0 unspecified atom stereocenters. The summed E-state index contributed by atoms with van der Waals surface area (Å²) >= 11 is 0. The van der Waals surface area contributed by atoms with E-state index in [1.54, 1.807) is 0 Å². The first-order valence-corrected chi connectivity index (χ1v) is 18.5. The van der Waals surface area contributed by atoms with E-state index in [0.29, 0.717) is 29.6 Å². The van der Waals surface area contributed by atoms with Crippen molar-refractivity contribution >= 4 is 26.8 Å². The molecule has 250 valence electrons. The molecule has 8 nitrogen and oxygen atoms in total. The van der Waals surface area contributed by atoms with Crippen LogP contribution in [0.5, 0.6) is 5.75 Å². The molecule has 0 spiro atoms. The van der Waals surface area contributed by atoms with Gasteiger partial charge >= 0.3 is 0 Å². The first kappa shape index (κ1) is 36.6. The van der Waals surface area contributed by atoms with Crippen molar-refractivity contribution in [1.82, 2.24) is 4.90 Å². The minimum atomic E-state index is -4.05. The number of benzene rings is 2. The zero-order valence-electron chi connectivity index (χ0n) is 27.8. The lowest BCUT2D eigenvalue weighted by Gasteiger charge is -2.21. The van der Waals surface area contributed by atoms with E-state index >= 15 is 0 Å². The standard InChI is InChI=1S/C36H54N2O6S/c1-5-8-9-10-11-12-13-14-15-16-18-28-21-24-32-33(31(28)27-37(4)25-17-26-45(41,42)43)34(39)35(40)36(44-32)29-19-22-30(23-20-29)38(6-2)7-3/h19-24,40H,5-18,25-27H2,1-4H3,(H,41,42,43). The molecular formula is C36H54N2O6S. The van der Waals surface area contributed by atoms with Crippen LogP contribution < -0.4 is 10.3 Å². The molecule has 0 aliphatic rings. The number of rotatable bonds is 21. The van der Waals surface area contributed by atoms with E-state index in [0.717, 1.165) is 49.2 Å². The Morgan fingerprint density at radius 2 is 1.40 bits per heavy atom. The van der Waals surface area contributed by atoms with Crippen molar-refractivity contribution < 1.29 is 22.5 Å². The lowest BCUT2D eigenvalue weighted by molar-refractivity contribution is 0.326. The van der Waals surface area contributed by atoms with Gasteiger partial charge < -0.3 is 19.3 Å². The Labute approximate surface area is 270 Å². The molecule has 2 aromatic carbocycles. The molecule has 0 saturated carbocycles. The molecule has 1 aromatic heterocycles. The molecule has 0 aliphatic heterocycles. The molecule has 0 atom stereocenters. The van der Waals surface area contributed by atoms with Gasteiger partial charge in [0.2, 0.25) is 11.2 Å². The third kappa shape index (κ3) is 11.2. The minimum Gasteiger partial charge on any atom is -0.502 e. The molecule has 0 saturated heterocycles. The minimum absolute atomic E-state index is 0.147. The normalized spacial score (nSPS) is 12.0. The molecule has 0 amide bonds. The lowest BCUT2D eigenvalue weighted by atomic mass is 9.95. The molecule has 0 aliphatic carbocycles. The average Bonchev–Trinajstić information content (AvgIpc) is 3.01. The van der Waals surface area contributed by atoms with E-state index in [9.17, 15) is 18.3 Å². The zero-order valence-corrected chi connectivity index (χ0v) is 28.6. The van der Waals surface area contributed by atoms with Gasteiger partial charge in [0, 0.05) is 30.9 Å². The Hall–Kier alpha value is -2.88. The van der Waals surface area contributed by atoms with E-state index in [2.05, 4.69) is 25.7 Å². The summed E-state index contributed by atoms with van der Waals surface area (Å²) in [5, 5.41) is 11.5. The first-order valence-electron chi connectivity index (χ1n) is 16.9. The summed E-state index contributed by atoms with van der Waals surface area (Å²) in [4.78, 5) is 17.9. The number of fused-ring (bicyclic) bond motifs is 1. The molecular weight excluding hydrogens is 588 g/mol. The Morgan fingerprint density at radius 3 is 1.98 bits per heavy atom. The SMILES string of the molecule is CCCCCCCCCCCCc1ccc2oc(-c3ccc(N(CC)CC)cc3)c(O)c(=O)c2c1CN(C)CCCS(=O)(=O)O. The van der Waals surface area contributed by atoms with Crippen LogP contribution in [0.4, 0.5) is 5.69 Å². The smallest absolute Gasteiger partial charge is 0.264 e. The Kier molecular flexibility index (Phi) is 14.9. The number of aromatic hydroxyl groups is 1. The van der Waals surface area contributed by atoms with Crippen LogP contribution in [-0.4, -0.2) is 55.4 Å². The molecule has 45 heavy (non-hydrogen) atoms. The molecule has 0 bridgehead atoms. The highest BCUT2D eigenvalue weighted by Crippen LogP contribution is 2.34. The summed E-state index contributed by atoms with van der Waals surface area (Å²) in [6, 6.07) is 11.5. The van der Waals surface area contributed by atoms with E-state index in [1.165, 1.54) is 51.4 Å². The first-order chi connectivity index (χ1) is 21.6. The van der Waals surface area contributed by atoms with Crippen molar-refractivity contribution in [3.63, 3.8) is 0 Å². The van der Waals surface area contributed by atoms with Crippen molar-refractivity contribution in [2.45, 2.75) is 104 Å². The van der Waals surface area contributed by atoms with Crippen LogP contribution in [0.25, 0.3) is 22.3 Å². The number of unbranched alkanes of at least 4 members (excludes halogenated alkanes) is 9. The van der Waals surface area contributed by atoms with Crippen LogP contribution >= 0.6 is 0 Å². The maximum absolute atomic E-state index is 13.8. The highest BCUT2D eigenvalue weighted by molar-refractivity contribution is 7.85. The van der Waals surface area contributed by atoms with Crippen LogP contribution in [0, 0.1) is 0 Å². The fourth-order valence-electron chi connectivity index (χ4n) is 6.07. The van der Waals surface area contributed by atoms with Crippen molar-refractivity contribution in [3.05, 3.63) is 57.7 Å². The van der Waals surface area contributed by atoms with Crippen molar-refractivity contribution in [2.75, 3.05) is 37.3 Å². The molecule has 2 N–H and O–H groups in total. The van der Waals surface area contributed by atoms with Crippen LogP contribution in [0.15, 0.2) is 45.6 Å². The predicted octanol–water partition coefficient (Wildman–Crippen LogP) is 8.18. The van der Waals surface area contributed by atoms with Crippen LogP contribution in [0.1, 0.15) is 103 Å². The molecule has 1 heterocycles. The van der Waals surface area contributed by atoms with Gasteiger partial charge in [-0.05, 0) is 88.2 Å². The number of hydrogen-bond acceptors (Lipinski definition) is 7. The van der Waals surface area contributed by atoms with Gasteiger partial charge in [-0.15, -0.1) is 0 Å². The van der Waals surface area contributed by atoms with Gasteiger partial charge in [0.1, 0.15) is 5.58 Å². The summed E-state index contributed by atoms with van der Waals surface area (Å²) in [5.74, 6) is -0.588. The van der Waals surface area contributed by atoms with Gasteiger partial charge in [-0.1, -0.05) is 70.8 Å². The van der Waals surface area contributed by atoms with Crippen molar-refractivity contribution in [1.29, 1.82) is 0 Å². The second kappa shape index (κ2) is 18.3. The quantitative estimate of drug-likeness (QED) is 0.0884. The van der Waals surface area contributed by atoms with Crippen LogP contribution in [0.3, 0.4) is 0 Å². The van der Waals surface area contributed by atoms with Crippen molar-refractivity contribution in [3.8, 4) is 17.1 Å². The number of anilines is 1. The fourth-order valence-corrected chi connectivity index (χ4v) is 6.57. The van der Waals surface area contributed by atoms with E-state index < -0.39 is 21.3 Å². The summed E-state index contributed by atoms with van der Waals surface area (Å²) in [7, 11) is -2.18. The summed E-state index contributed by atoms with van der Waals surface area (Å²) in [5.41, 5.74) is 3.46. The van der Waals surface area contributed by atoms with Gasteiger partial charge in [0.05, 0.1) is 11.1 Å². The molecule has 0 radical (unpaired) electrons. The fraction of sp³-hybridized carbons (Fsp3) is 0.583. The highest BCUT2D eigenvalue weighted by Gasteiger charge is 2.21.